The second kappa shape index (κ2) is 11.0. The Morgan fingerprint density at radius 1 is 0.974 bits per heavy atom. The van der Waals surface area contributed by atoms with E-state index >= 15 is 0 Å². The summed E-state index contributed by atoms with van der Waals surface area (Å²) >= 11 is 12.2. The van der Waals surface area contributed by atoms with Gasteiger partial charge < -0.3 is 15.0 Å². The Kier molecular flexibility index (Phi) is 7.50. The van der Waals surface area contributed by atoms with E-state index in [0.29, 0.717) is 34.3 Å². The van der Waals surface area contributed by atoms with Crippen LogP contribution in [0, 0.1) is 6.92 Å². The summed E-state index contributed by atoms with van der Waals surface area (Å²) in [6.45, 7) is 2.74. The first kappa shape index (κ1) is 26.6. The van der Waals surface area contributed by atoms with Crippen LogP contribution in [0.5, 0.6) is 5.75 Å². The quantitative estimate of drug-likeness (QED) is 0.363. The Hall–Kier alpha value is -4.01. The zero-order chi connectivity index (χ0) is 27.7. The summed E-state index contributed by atoms with van der Waals surface area (Å²) in [5.41, 5.74) is 2.93. The lowest BCUT2D eigenvalue weighted by Crippen LogP contribution is -2.41. The van der Waals surface area contributed by atoms with Crippen molar-refractivity contribution in [2.24, 2.45) is 0 Å². The van der Waals surface area contributed by atoms with Crippen LogP contribution in [0.15, 0.2) is 71.5 Å². The number of nitrogens with one attached hydrogen (secondary N) is 1. The molecule has 0 fully saturated rings. The number of carbonyl (C=O) groups excluding carboxylic acids is 2. The van der Waals surface area contributed by atoms with Crippen molar-refractivity contribution >= 4 is 35.0 Å². The molecule has 1 aliphatic rings. The molecule has 0 aliphatic carbocycles. The Morgan fingerprint density at radius 3 is 2.44 bits per heavy atom. The SMILES string of the molecule is COc1ccc(-n2c(C(=O)NCc3ccccc3)c3n(c2=O)CCN(C(=O)c2ccc(Cl)c(Cl)c2)C3)c(C)c1. The van der Waals surface area contributed by atoms with Gasteiger partial charge in [-0.05, 0) is 54.4 Å². The van der Waals surface area contributed by atoms with Crippen molar-refractivity contribution in [2.45, 2.75) is 26.6 Å². The second-order valence-electron chi connectivity index (χ2n) is 9.24. The fourth-order valence-electron chi connectivity index (χ4n) is 4.77. The third-order valence-corrected chi connectivity index (χ3v) is 7.53. The number of nitrogens with zero attached hydrogens (tertiary/aromatic N) is 3. The van der Waals surface area contributed by atoms with Gasteiger partial charge in [-0.25, -0.2) is 4.79 Å². The smallest absolute Gasteiger partial charge is 0.333 e. The lowest BCUT2D eigenvalue weighted by Gasteiger charge is -2.28. The van der Waals surface area contributed by atoms with E-state index in [9.17, 15) is 14.4 Å². The van der Waals surface area contributed by atoms with Crippen LogP contribution in [0.2, 0.25) is 10.0 Å². The van der Waals surface area contributed by atoms with Gasteiger partial charge in [0.25, 0.3) is 11.8 Å². The minimum atomic E-state index is -0.413. The molecule has 2 amide bonds. The number of imidazole rings is 1. The molecule has 1 aliphatic heterocycles. The summed E-state index contributed by atoms with van der Waals surface area (Å²) in [5.74, 6) is -0.0400. The van der Waals surface area contributed by atoms with E-state index in [1.54, 1.807) is 40.8 Å². The molecular formula is C29H26Cl2N4O4. The summed E-state index contributed by atoms with van der Waals surface area (Å²) in [5, 5.41) is 3.58. The highest BCUT2D eigenvalue weighted by Crippen LogP contribution is 2.27. The van der Waals surface area contributed by atoms with Gasteiger partial charge in [0.05, 0.1) is 35.1 Å². The largest absolute Gasteiger partial charge is 0.497 e. The van der Waals surface area contributed by atoms with Gasteiger partial charge >= 0.3 is 5.69 Å². The molecule has 1 N–H and O–H groups in total. The number of ether oxygens (including phenoxy) is 1. The van der Waals surface area contributed by atoms with Crippen LogP contribution in [0.3, 0.4) is 0 Å². The van der Waals surface area contributed by atoms with Crippen LogP contribution < -0.4 is 15.7 Å². The predicted molar refractivity (Wildman–Crippen MR) is 150 cm³/mol. The molecular weight excluding hydrogens is 539 g/mol. The second-order valence-corrected chi connectivity index (χ2v) is 10.1. The highest BCUT2D eigenvalue weighted by atomic mass is 35.5. The number of hydrogen-bond donors (Lipinski definition) is 1. The minimum absolute atomic E-state index is 0.0740. The number of carbonyl (C=O) groups is 2. The van der Waals surface area contributed by atoms with Gasteiger partial charge in [0, 0.05) is 25.2 Å². The fraction of sp³-hybridized carbons (Fsp3) is 0.207. The number of fused-ring (bicyclic) bond motifs is 1. The Morgan fingerprint density at radius 2 is 1.74 bits per heavy atom. The van der Waals surface area contributed by atoms with E-state index < -0.39 is 5.91 Å². The first-order valence-corrected chi connectivity index (χ1v) is 13.1. The molecule has 8 nitrogen and oxygen atoms in total. The van der Waals surface area contributed by atoms with Crippen LogP contribution in [0.4, 0.5) is 0 Å². The molecule has 3 aromatic carbocycles. The van der Waals surface area contributed by atoms with E-state index in [0.717, 1.165) is 11.1 Å². The van der Waals surface area contributed by atoms with Gasteiger partial charge in [-0.15, -0.1) is 0 Å². The lowest BCUT2D eigenvalue weighted by molar-refractivity contribution is 0.0706. The van der Waals surface area contributed by atoms with Gasteiger partial charge in [-0.2, -0.15) is 0 Å². The summed E-state index contributed by atoms with van der Waals surface area (Å²) in [7, 11) is 1.57. The molecule has 0 saturated heterocycles. The first-order valence-electron chi connectivity index (χ1n) is 12.3. The van der Waals surface area contributed by atoms with Crippen LogP contribution in [-0.4, -0.2) is 39.5 Å². The van der Waals surface area contributed by atoms with Crippen molar-refractivity contribution in [3.8, 4) is 11.4 Å². The zero-order valence-corrected chi connectivity index (χ0v) is 22.9. The number of methoxy groups -OCH3 is 1. The minimum Gasteiger partial charge on any atom is -0.497 e. The number of amides is 2. The fourth-order valence-corrected chi connectivity index (χ4v) is 5.07. The number of aryl methyl sites for hydroxylation is 1. The van der Waals surface area contributed by atoms with Crippen molar-refractivity contribution in [3.63, 3.8) is 0 Å². The average molecular weight is 565 g/mol. The van der Waals surface area contributed by atoms with E-state index in [-0.39, 0.29) is 41.9 Å². The van der Waals surface area contributed by atoms with Crippen LogP contribution >= 0.6 is 23.2 Å². The Labute approximate surface area is 235 Å². The van der Waals surface area contributed by atoms with Crippen molar-refractivity contribution in [1.82, 2.24) is 19.4 Å². The molecule has 0 saturated carbocycles. The van der Waals surface area contributed by atoms with Crippen LogP contribution in [0.25, 0.3) is 5.69 Å². The van der Waals surface area contributed by atoms with Gasteiger partial charge in [0.1, 0.15) is 11.4 Å². The van der Waals surface area contributed by atoms with Crippen LogP contribution in [0.1, 0.15) is 37.7 Å². The van der Waals surface area contributed by atoms with Crippen molar-refractivity contribution in [3.05, 3.63) is 115 Å². The van der Waals surface area contributed by atoms with E-state index in [1.165, 1.54) is 10.6 Å². The third-order valence-electron chi connectivity index (χ3n) is 6.79. The molecule has 0 bridgehead atoms. The maximum Gasteiger partial charge on any atom is 0.333 e. The lowest BCUT2D eigenvalue weighted by atomic mass is 10.1. The number of benzene rings is 3. The molecule has 200 valence electrons. The molecule has 4 aromatic rings. The maximum atomic E-state index is 13.7. The number of hydrogen-bond acceptors (Lipinski definition) is 4. The van der Waals surface area contributed by atoms with Gasteiger partial charge in [-0.1, -0.05) is 53.5 Å². The molecule has 0 spiro atoms. The maximum absolute atomic E-state index is 13.7. The highest BCUT2D eigenvalue weighted by molar-refractivity contribution is 6.42. The van der Waals surface area contributed by atoms with E-state index in [2.05, 4.69) is 5.32 Å². The molecule has 39 heavy (non-hydrogen) atoms. The monoisotopic (exact) mass is 564 g/mol. The number of rotatable bonds is 6. The first-order chi connectivity index (χ1) is 18.8. The van der Waals surface area contributed by atoms with Gasteiger partial charge in [0.2, 0.25) is 0 Å². The number of halogens is 2. The standard InChI is InChI=1S/C29H26Cl2N4O4/c1-18-14-21(39-2)9-11-24(18)35-26(27(36)32-16-19-6-4-3-5-7-19)25-17-33(12-13-34(25)29(35)38)28(37)20-8-10-22(30)23(31)15-20/h3-11,14-15H,12-13,16-17H2,1-2H3,(H,32,36). The van der Waals surface area contributed by atoms with Crippen LogP contribution in [-0.2, 0) is 19.6 Å². The molecule has 2 heterocycles. The molecule has 1 aromatic heterocycles. The van der Waals surface area contributed by atoms with Crippen molar-refractivity contribution in [1.29, 1.82) is 0 Å². The summed E-state index contributed by atoms with van der Waals surface area (Å²) in [6.07, 6.45) is 0. The Balaban J connectivity index is 1.56. The normalized spacial score (nSPS) is 12.7. The Bertz CT molecular complexity index is 1630. The van der Waals surface area contributed by atoms with E-state index in [4.69, 9.17) is 27.9 Å². The van der Waals surface area contributed by atoms with E-state index in [1.807, 2.05) is 43.3 Å². The topological polar surface area (TPSA) is 85.6 Å². The van der Waals surface area contributed by atoms with Gasteiger partial charge in [0.15, 0.2) is 0 Å². The molecule has 0 atom stereocenters. The van der Waals surface area contributed by atoms with Gasteiger partial charge in [-0.3, -0.25) is 18.7 Å². The molecule has 0 radical (unpaired) electrons. The van der Waals surface area contributed by atoms with Crippen molar-refractivity contribution in [2.75, 3.05) is 13.7 Å². The third kappa shape index (κ3) is 5.17. The summed E-state index contributed by atoms with van der Waals surface area (Å²) < 4.78 is 8.32. The summed E-state index contributed by atoms with van der Waals surface area (Å²) in [4.78, 5) is 42.4. The zero-order valence-electron chi connectivity index (χ0n) is 21.4. The average Bonchev–Trinajstić information content (AvgIpc) is 3.24. The summed E-state index contributed by atoms with van der Waals surface area (Å²) in [6, 6.07) is 19.5. The molecule has 5 rings (SSSR count). The number of aromatic nitrogens is 2. The molecule has 0 unspecified atom stereocenters. The van der Waals surface area contributed by atoms with Crippen molar-refractivity contribution < 1.29 is 14.3 Å². The molecule has 10 heteroatoms. The predicted octanol–water partition coefficient (Wildman–Crippen LogP) is 4.85. The highest BCUT2D eigenvalue weighted by Gasteiger charge is 2.32.